The van der Waals surface area contributed by atoms with Crippen LogP contribution in [-0.2, 0) is 30.7 Å². The van der Waals surface area contributed by atoms with Crippen LogP contribution >= 0.6 is 23.2 Å². The third kappa shape index (κ3) is 11.5. The summed E-state index contributed by atoms with van der Waals surface area (Å²) in [5, 5.41) is 0.861. The standard InChI is InChI=1S/C27H39Cl2N3O5S/c1-21(8-7-9-22(2)30-38(34,35)17-16-37-15-14-36-4)26(20-32-12-5-6-13-32)31(3)27(33)19-23-10-11-24(28)25(29)18-23/h7-11,18,26,30H,1,5-6,12-17,19-20H2,2-4H3/b8-7-,22-9+/t26-/m1/s1. The van der Waals surface area contributed by atoms with Crippen LogP contribution < -0.4 is 4.72 Å². The molecule has 0 spiro atoms. The molecule has 1 saturated heterocycles. The van der Waals surface area contributed by atoms with Gasteiger partial charge in [-0.3, -0.25) is 9.52 Å². The number of hydrogen-bond acceptors (Lipinski definition) is 6. The normalized spacial score (nSPS) is 15.7. The van der Waals surface area contributed by atoms with Crippen LogP contribution in [0.4, 0.5) is 0 Å². The number of nitrogens with one attached hydrogen (secondary N) is 1. The van der Waals surface area contributed by atoms with E-state index in [0.29, 0.717) is 35.5 Å². The maximum atomic E-state index is 13.2. The molecular weight excluding hydrogens is 549 g/mol. The summed E-state index contributed by atoms with van der Waals surface area (Å²) in [4.78, 5) is 17.2. The Hall–Kier alpha value is -1.88. The van der Waals surface area contributed by atoms with Crippen molar-refractivity contribution in [2.24, 2.45) is 0 Å². The van der Waals surface area contributed by atoms with Gasteiger partial charge in [-0.05, 0) is 62.2 Å². The van der Waals surface area contributed by atoms with Crippen LogP contribution in [0.3, 0.4) is 0 Å². The first-order chi connectivity index (χ1) is 18.0. The number of nitrogens with zero attached hydrogens (tertiary/aromatic N) is 2. The molecular formula is C27H39Cl2N3O5S. The highest BCUT2D eigenvalue weighted by molar-refractivity contribution is 7.89. The molecule has 0 radical (unpaired) electrons. The third-order valence-electron chi connectivity index (χ3n) is 6.16. The third-order valence-corrected chi connectivity index (χ3v) is 8.24. The van der Waals surface area contributed by atoms with Gasteiger partial charge >= 0.3 is 0 Å². The first kappa shape index (κ1) is 32.3. The molecule has 1 N–H and O–H groups in total. The van der Waals surface area contributed by atoms with E-state index < -0.39 is 10.0 Å². The summed E-state index contributed by atoms with van der Waals surface area (Å²) in [6, 6.07) is 4.95. The Kier molecular flexibility index (Phi) is 13.8. The molecule has 0 saturated carbocycles. The summed E-state index contributed by atoms with van der Waals surface area (Å²) in [6.45, 7) is 9.38. The molecule has 1 heterocycles. The number of hydrogen-bond donors (Lipinski definition) is 1. The number of benzene rings is 1. The van der Waals surface area contributed by atoms with E-state index in [-0.39, 0.29) is 30.7 Å². The van der Waals surface area contributed by atoms with Gasteiger partial charge in [0.2, 0.25) is 15.9 Å². The Morgan fingerprint density at radius 1 is 1.21 bits per heavy atom. The molecule has 1 aliphatic rings. The molecule has 212 valence electrons. The van der Waals surface area contributed by atoms with Gasteiger partial charge < -0.3 is 19.3 Å². The van der Waals surface area contributed by atoms with Crippen LogP contribution in [0.2, 0.25) is 10.0 Å². The maximum absolute atomic E-state index is 13.2. The highest BCUT2D eigenvalue weighted by atomic mass is 35.5. The van der Waals surface area contributed by atoms with Crippen LogP contribution in [0.25, 0.3) is 0 Å². The van der Waals surface area contributed by atoms with Crippen molar-refractivity contribution < 1.29 is 22.7 Å². The van der Waals surface area contributed by atoms with Crippen LogP contribution in [0.1, 0.15) is 25.3 Å². The van der Waals surface area contributed by atoms with Gasteiger partial charge in [0.25, 0.3) is 0 Å². The first-order valence-electron chi connectivity index (χ1n) is 12.5. The van der Waals surface area contributed by atoms with E-state index >= 15 is 0 Å². The zero-order valence-corrected chi connectivity index (χ0v) is 24.7. The number of methoxy groups -OCH3 is 1. The SMILES string of the molecule is C=C(/C=C\C=C(/C)NS(=O)(=O)CCOCCOC)[C@@H](CN1CCCC1)N(C)C(=O)Cc1ccc(Cl)c(Cl)c1. The lowest BCUT2D eigenvalue weighted by Gasteiger charge is -2.32. The van der Waals surface area contributed by atoms with Crippen molar-refractivity contribution in [3.05, 3.63) is 69.9 Å². The molecule has 1 atom stereocenters. The lowest BCUT2D eigenvalue weighted by molar-refractivity contribution is -0.130. The fraction of sp³-hybridized carbons (Fsp3) is 0.519. The first-order valence-corrected chi connectivity index (χ1v) is 15.0. The van der Waals surface area contributed by atoms with Crippen LogP contribution in [0, 0.1) is 0 Å². The minimum absolute atomic E-state index is 0.0608. The van der Waals surface area contributed by atoms with Crippen LogP contribution in [0.5, 0.6) is 0 Å². The van der Waals surface area contributed by atoms with Crippen molar-refractivity contribution in [3.8, 4) is 0 Å². The van der Waals surface area contributed by atoms with Gasteiger partial charge in [0.1, 0.15) is 0 Å². The van der Waals surface area contributed by atoms with Crippen molar-refractivity contribution in [2.75, 3.05) is 59.4 Å². The van der Waals surface area contributed by atoms with Crippen molar-refractivity contribution in [3.63, 3.8) is 0 Å². The summed E-state index contributed by atoms with van der Waals surface area (Å²) < 4.78 is 37.2. The molecule has 0 aliphatic carbocycles. The fourth-order valence-corrected chi connectivity index (χ4v) is 5.31. The van der Waals surface area contributed by atoms with E-state index in [9.17, 15) is 13.2 Å². The second kappa shape index (κ2) is 16.3. The lowest BCUT2D eigenvalue weighted by atomic mass is 10.0. The molecule has 2 rings (SSSR count). The number of amides is 1. The minimum atomic E-state index is -3.53. The summed E-state index contributed by atoms with van der Waals surface area (Å²) in [7, 11) is -0.192. The van der Waals surface area contributed by atoms with Crippen LogP contribution in [0.15, 0.2) is 54.3 Å². The molecule has 1 aromatic rings. The Morgan fingerprint density at radius 2 is 1.92 bits per heavy atom. The zero-order chi connectivity index (χ0) is 28.1. The van der Waals surface area contributed by atoms with E-state index in [1.165, 1.54) is 0 Å². The van der Waals surface area contributed by atoms with E-state index in [4.69, 9.17) is 32.7 Å². The van der Waals surface area contributed by atoms with E-state index in [1.807, 2.05) is 6.08 Å². The number of allylic oxidation sites excluding steroid dienone is 3. The van der Waals surface area contributed by atoms with Gasteiger partial charge in [0, 0.05) is 26.4 Å². The largest absolute Gasteiger partial charge is 0.382 e. The average Bonchev–Trinajstić information content (AvgIpc) is 3.37. The number of sulfonamides is 1. The van der Waals surface area contributed by atoms with Crippen LogP contribution in [-0.4, -0.2) is 89.5 Å². The molecule has 1 amide bonds. The number of carbonyl (C=O) groups is 1. The summed E-state index contributed by atoms with van der Waals surface area (Å²) >= 11 is 12.1. The molecule has 1 fully saturated rings. The summed E-state index contributed by atoms with van der Waals surface area (Å²) in [6.07, 6.45) is 7.68. The topological polar surface area (TPSA) is 88.2 Å². The lowest BCUT2D eigenvalue weighted by Crippen LogP contribution is -2.45. The number of carbonyl (C=O) groups excluding carboxylic acids is 1. The second-order valence-corrected chi connectivity index (χ2v) is 11.9. The van der Waals surface area contributed by atoms with Crippen molar-refractivity contribution >= 4 is 39.1 Å². The second-order valence-electron chi connectivity index (χ2n) is 9.26. The van der Waals surface area contributed by atoms with Gasteiger partial charge in [0.05, 0.1) is 48.1 Å². The molecule has 38 heavy (non-hydrogen) atoms. The molecule has 1 aromatic carbocycles. The Labute approximate surface area is 237 Å². The molecule has 11 heteroatoms. The minimum Gasteiger partial charge on any atom is -0.382 e. The molecule has 8 nitrogen and oxygen atoms in total. The van der Waals surface area contributed by atoms with Gasteiger partial charge in [0.15, 0.2) is 0 Å². The molecule has 1 aliphatic heterocycles. The molecule has 0 aromatic heterocycles. The smallest absolute Gasteiger partial charge is 0.234 e. The molecule has 0 unspecified atom stereocenters. The van der Waals surface area contributed by atoms with Gasteiger partial charge in [-0.25, -0.2) is 8.42 Å². The van der Waals surface area contributed by atoms with E-state index in [2.05, 4.69) is 16.2 Å². The fourth-order valence-electron chi connectivity index (χ4n) is 3.99. The van der Waals surface area contributed by atoms with Gasteiger partial charge in [-0.15, -0.1) is 0 Å². The number of halogens is 2. The Bertz CT molecular complexity index is 1100. The number of ether oxygens (including phenoxy) is 2. The highest BCUT2D eigenvalue weighted by Gasteiger charge is 2.25. The zero-order valence-electron chi connectivity index (χ0n) is 22.4. The molecule has 0 bridgehead atoms. The summed E-state index contributed by atoms with van der Waals surface area (Å²) in [5.41, 5.74) is 2.00. The van der Waals surface area contributed by atoms with Gasteiger partial charge in [-0.2, -0.15) is 0 Å². The number of rotatable bonds is 16. The predicted octanol–water partition coefficient (Wildman–Crippen LogP) is 4.06. The highest BCUT2D eigenvalue weighted by Crippen LogP contribution is 2.23. The van der Waals surface area contributed by atoms with Crippen molar-refractivity contribution in [1.82, 2.24) is 14.5 Å². The average molecular weight is 589 g/mol. The van der Waals surface area contributed by atoms with E-state index in [0.717, 1.165) is 37.1 Å². The quantitative estimate of drug-likeness (QED) is 0.232. The van der Waals surface area contributed by atoms with Crippen molar-refractivity contribution in [1.29, 1.82) is 0 Å². The van der Waals surface area contributed by atoms with E-state index in [1.54, 1.807) is 56.3 Å². The Morgan fingerprint density at radius 3 is 2.58 bits per heavy atom. The van der Waals surface area contributed by atoms with Crippen molar-refractivity contribution in [2.45, 2.75) is 32.2 Å². The Balaban J connectivity index is 2.03. The van der Waals surface area contributed by atoms with Gasteiger partial charge in [-0.1, -0.05) is 48.0 Å². The number of likely N-dealkylation sites (N-methyl/N-ethyl adjacent to an activating group) is 1. The maximum Gasteiger partial charge on any atom is 0.234 e. The predicted molar refractivity (Wildman–Crippen MR) is 154 cm³/mol. The number of likely N-dealkylation sites (tertiary alicyclic amines) is 1. The monoisotopic (exact) mass is 587 g/mol. The summed E-state index contributed by atoms with van der Waals surface area (Å²) in [5.74, 6) is -0.212.